The van der Waals surface area contributed by atoms with Crippen molar-refractivity contribution in [3.05, 3.63) is 29.8 Å². The minimum Gasteiger partial charge on any atom is -0.508 e. The van der Waals surface area contributed by atoms with Crippen LogP contribution in [-0.2, 0) is 6.42 Å². The number of benzene rings is 1. The van der Waals surface area contributed by atoms with E-state index in [1.54, 1.807) is 12.1 Å². The van der Waals surface area contributed by atoms with Gasteiger partial charge in [-0.2, -0.15) is 0 Å². The van der Waals surface area contributed by atoms with Gasteiger partial charge in [-0.1, -0.05) is 48.8 Å². The summed E-state index contributed by atoms with van der Waals surface area (Å²) in [6.45, 7) is 6.77. The molecule has 0 saturated heterocycles. The Morgan fingerprint density at radius 2 is 1.75 bits per heavy atom. The molecular weight excluding hydrogens is 264 g/mol. The molecule has 0 aliphatic carbocycles. The van der Waals surface area contributed by atoms with Gasteiger partial charge < -0.3 is 5.11 Å². The molecule has 1 nitrogen and oxygen atoms in total. The number of alkyl halides is 1. The Kier molecular flexibility index (Phi) is 4.85. The number of phenolic OH excluding ortho intramolecular Hbond substituents is 1. The Morgan fingerprint density at radius 1 is 1.19 bits per heavy atom. The molecule has 0 bridgehead atoms. The van der Waals surface area contributed by atoms with Crippen molar-refractivity contribution in [2.24, 2.45) is 5.41 Å². The summed E-state index contributed by atoms with van der Waals surface area (Å²) in [4.78, 5) is 0.567. The van der Waals surface area contributed by atoms with Gasteiger partial charge in [0.15, 0.2) is 0 Å². The van der Waals surface area contributed by atoms with Gasteiger partial charge in [0.1, 0.15) is 5.75 Å². The number of aromatic hydroxyl groups is 1. The number of rotatable bonds is 4. The monoisotopic (exact) mass is 284 g/mol. The standard InChI is InChI=1S/C14H21BrO/c1-14(2,3)13(15)6-4-5-11-7-9-12(16)10-8-11/h7-10,13,16H,4-6H2,1-3H3. The van der Waals surface area contributed by atoms with Crippen molar-refractivity contribution < 1.29 is 5.11 Å². The van der Waals surface area contributed by atoms with Crippen LogP contribution in [0.15, 0.2) is 24.3 Å². The van der Waals surface area contributed by atoms with Gasteiger partial charge in [-0.25, -0.2) is 0 Å². The highest BCUT2D eigenvalue weighted by Gasteiger charge is 2.20. The fraction of sp³-hybridized carbons (Fsp3) is 0.571. The van der Waals surface area contributed by atoms with Crippen LogP contribution in [0.1, 0.15) is 39.2 Å². The molecule has 0 aliphatic heterocycles. The van der Waals surface area contributed by atoms with E-state index in [1.165, 1.54) is 18.4 Å². The molecule has 16 heavy (non-hydrogen) atoms. The van der Waals surface area contributed by atoms with E-state index in [0.717, 1.165) is 6.42 Å². The second-order valence-electron chi connectivity index (χ2n) is 5.39. The number of phenols is 1. The van der Waals surface area contributed by atoms with Crippen molar-refractivity contribution in [1.29, 1.82) is 0 Å². The molecule has 0 spiro atoms. The highest BCUT2D eigenvalue weighted by Crippen LogP contribution is 2.30. The zero-order valence-electron chi connectivity index (χ0n) is 10.3. The van der Waals surface area contributed by atoms with Gasteiger partial charge in [0.25, 0.3) is 0 Å². The lowest BCUT2D eigenvalue weighted by Gasteiger charge is -2.25. The molecule has 0 aromatic heterocycles. The molecule has 0 aliphatic rings. The van der Waals surface area contributed by atoms with Gasteiger partial charge in [-0.3, -0.25) is 0 Å². The minimum atomic E-state index is 0.328. The van der Waals surface area contributed by atoms with Crippen LogP contribution in [-0.4, -0.2) is 9.93 Å². The number of hydrogen-bond donors (Lipinski definition) is 1. The van der Waals surface area contributed by atoms with E-state index in [1.807, 2.05) is 12.1 Å². The number of aryl methyl sites for hydroxylation is 1. The maximum absolute atomic E-state index is 9.17. The van der Waals surface area contributed by atoms with Crippen LogP contribution in [0.4, 0.5) is 0 Å². The zero-order chi connectivity index (χ0) is 12.2. The third-order valence-corrected chi connectivity index (χ3v) is 4.63. The van der Waals surface area contributed by atoms with E-state index in [4.69, 9.17) is 5.11 Å². The second-order valence-corrected chi connectivity index (χ2v) is 6.50. The SMILES string of the molecule is CC(C)(C)C(Br)CCCc1ccc(O)cc1. The molecule has 0 fully saturated rings. The zero-order valence-corrected chi connectivity index (χ0v) is 11.9. The van der Waals surface area contributed by atoms with Crippen molar-refractivity contribution in [3.8, 4) is 5.75 Å². The van der Waals surface area contributed by atoms with Crippen LogP contribution in [0.2, 0.25) is 0 Å². The summed E-state index contributed by atoms with van der Waals surface area (Å²) < 4.78 is 0. The highest BCUT2D eigenvalue weighted by molar-refractivity contribution is 9.09. The van der Waals surface area contributed by atoms with Gasteiger partial charge in [-0.05, 0) is 42.4 Å². The van der Waals surface area contributed by atoms with Crippen LogP contribution in [0.3, 0.4) is 0 Å². The predicted octanol–water partition coefficient (Wildman–Crippen LogP) is 4.52. The first kappa shape index (κ1) is 13.6. The minimum absolute atomic E-state index is 0.328. The third kappa shape index (κ3) is 4.56. The summed E-state index contributed by atoms with van der Waals surface area (Å²) in [5.74, 6) is 0.344. The Hall–Kier alpha value is -0.500. The van der Waals surface area contributed by atoms with Gasteiger partial charge in [0.2, 0.25) is 0 Å². The highest BCUT2D eigenvalue weighted by atomic mass is 79.9. The second kappa shape index (κ2) is 5.72. The Morgan fingerprint density at radius 3 is 2.25 bits per heavy atom. The predicted molar refractivity (Wildman–Crippen MR) is 73.2 cm³/mol. The van der Waals surface area contributed by atoms with Crippen molar-refractivity contribution in [2.45, 2.75) is 44.9 Å². The molecule has 0 amide bonds. The van der Waals surface area contributed by atoms with Gasteiger partial charge in [-0.15, -0.1) is 0 Å². The van der Waals surface area contributed by atoms with Gasteiger partial charge in [0, 0.05) is 4.83 Å². The lowest BCUT2D eigenvalue weighted by molar-refractivity contribution is 0.380. The molecule has 2 heteroatoms. The van der Waals surface area contributed by atoms with E-state index in [2.05, 4.69) is 36.7 Å². The summed E-state index contributed by atoms with van der Waals surface area (Å²) in [6.07, 6.45) is 3.45. The average Bonchev–Trinajstić information content (AvgIpc) is 2.19. The molecule has 1 rings (SSSR count). The summed E-state index contributed by atoms with van der Waals surface area (Å²) in [5.41, 5.74) is 1.63. The smallest absolute Gasteiger partial charge is 0.115 e. The van der Waals surface area contributed by atoms with Crippen molar-refractivity contribution in [1.82, 2.24) is 0 Å². The van der Waals surface area contributed by atoms with Crippen LogP contribution in [0.5, 0.6) is 5.75 Å². The molecule has 90 valence electrons. The van der Waals surface area contributed by atoms with Gasteiger partial charge in [0.05, 0.1) is 0 Å². The van der Waals surface area contributed by atoms with Crippen LogP contribution < -0.4 is 0 Å². The van der Waals surface area contributed by atoms with Crippen LogP contribution in [0, 0.1) is 5.41 Å². The molecule has 1 atom stereocenters. The molecule has 0 radical (unpaired) electrons. The molecule has 1 unspecified atom stereocenters. The van der Waals surface area contributed by atoms with Crippen molar-refractivity contribution in [2.75, 3.05) is 0 Å². The Labute approximate surface area is 107 Å². The fourth-order valence-electron chi connectivity index (χ4n) is 1.58. The average molecular weight is 285 g/mol. The maximum atomic E-state index is 9.17. The first-order valence-electron chi connectivity index (χ1n) is 5.81. The van der Waals surface area contributed by atoms with E-state index in [9.17, 15) is 0 Å². The summed E-state index contributed by atoms with van der Waals surface area (Å²) in [5, 5.41) is 9.17. The van der Waals surface area contributed by atoms with E-state index >= 15 is 0 Å². The van der Waals surface area contributed by atoms with Crippen molar-refractivity contribution in [3.63, 3.8) is 0 Å². The van der Waals surface area contributed by atoms with Crippen molar-refractivity contribution >= 4 is 15.9 Å². The molecular formula is C14H21BrO. The quantitative estimate of drug-likeness (QED) is 0.806. The maximum Gasteiger partial charge on any atom is 0.115 e. The lowest BCUT2D eigenvalue weighted by Crippen LogP contribution is -2.20. The molecule has 1 aromatic rings. The first-order chi connectivity index (χ1) is 7.39. The molecule has 0 heterocycles. The largest absolute Gasteiger partial charge is 0.508 e. The third-order valence-electron chi connectivity index (χ3n) is 2.80. The Bertz CT molecular complexity index is 311. The number of halogens is 1. The summed E-state index contributed by atoms with van der Waals surface area (Å²) in [6, 6.07) is 7.50. The number of hydrogen-bond acceptors (Lipinski definition) is 1. The Balaban J connectivity index is 2.33. The molecule has 1 N–H and O–H groups in total. The summed E-state index contributed by atoms with van der Waals surface area (Å²) >= 11 is 3.74. The van der Waals surface area contributed by atoms with Crippen LogP contribution >= 0.6 is 15.9 Å². The van der Waals surface area contributed by atoms with E-state index in [0.29, 0.717) is 16.0 Å². The van der Waals surface area contributed by atoms with E-state index < -0.39 is 0 Å². The van der Waals surface area contributed by atoms with E-state index in [-0.39, 0.29) is 0 Å². The topological polar surface area (TPSA) is 20.2 Å². The first-order valence-corrected chi connectivity index (χ1v) is 6.73. The van der Waals surface area contributed by atoms with Crippen LogP contribution in [0.25, 0.3) is 0 Å². The normalized spacial score (nSPS) is 13.8. The summed E-state index contributed by atoms with van der Waals surface area (Å²) in [7, 11) is 0. The fourth-order valence-corrected chi connectivity index (χ4v) is 1.90. The van der Waals surface area contributed by atoms with Gasteiger partial charge >= 0.3 is 0 Å². The molecule has 0 saturated carbocycles. The lowest BCUT2D eigenvalue weighted by atomic mass is 9.89. The molecule has 1 aromatic carbocycles.